The molecule has 16 rings (SSSR count). The van der Waals surface area contributed by atoms with Gasteiger partial charge in [-0.05, 0) is 214 Å². The summed E-state index contributed by atoms with van der Waals surface area (Å²) in [5, 5.41) is 6.24. The summed E-state index contributed by atoms with van der Waals surface area (Å²) < 4.78 is 35.7. The predicted molar refractivity (Wildman–Crippen MR) is 585 cm³/mol. The molecule has 2 saturated carbocycles. The van der Waals surface area contributed by atoms with Gasteiger partial charge in [-0.3, -0.25) is 47.9 Å². The van der Waals surface area contributed by atoms with Crippen LogP contribution in [0.4, 0.5) is 34.1 Å². The van der Waals surface area contributed by atoms with Gasteiger partial charge in [-0.1, -0.05) is 64.7 Å². The molecule has 4 aromatic rings. The lowest BCUT2D eigenvalue weighted by Crippen LogP contribution is -2.47. The molecule has 6 aliphatic carbocycles. The Morgan fingerprint density at radius 3 is 1.11 bits per heavy atom. The van der Waals surface area contributed by atoms with Crippen molar-refractivity contribution in [2.24, 2.45) is 0 Å². The SMILES string of the molecule is CCCCOC(=O)c1c2nc3c(C(=O)OCCCN(C)C)cc(N)c(C)c3oc-2c(C)c(=O)c1N.Cc1c2oc3c(C)c(N)cc(C(=O)N(C)CCCN(C)C)c3nc-2c(C(=O)N(C)CCCN(C)C)c(C)c1=O.Cc1c2oc3c(C)c(N)cc(C(=O)N4CCN(C)CC4)c3nc-2c(C(=O)N2CCN(C)CC2)c(C)c1=O.Cc1c2oc3c(C)c(N)cc(C(=O)NC4CCCCCC4)c3nc-2c(C(=O)NC2CCCCCC2)c(N)c1=O. The number of piperazine rings is 2. The molecule has 14 N–H and O–H groups in total. The Hall–Kier alpha value is -14.3. The number of likely N-dealkylation sites (N-methyl/N-ethyl adjacent to an activating group) is 2. The smallest absolute Gasteiger partial charge is 0.342 e. The van der Waals surface area contributed by atoms with Crippen molar-refractivity contribution in [1.82, 2.24) is 74.7 Å². The predicted octanol–water partition coefficient (Wildman–Crippen LogP) is 12.5. The van der Waals surface area contributed by atoms with E-state index >= 15 is 0 Å². The number of amides is 6. The second-order valence-corrected chi connectivity index (χ2v) is 41.3. The number of hydrogen-bond acceptors (Lipinski definition) is 33. The highest BCUT2D eigenvalue weighted by Gasteiger charge is 2.39. The van der Waals surface area contributed by atoms with Crippen LogP contribution in [0.15, 0.2) is 61.1 Å². The number of nitrogens with zero attached hydrogens (tertiary/aromatic N) is 13. The standard InChI is InChI=1S/C30H39N5O4.C29H42N6O4.C27H34N6O4.C25H32N4O6/c1-16-21(31)15-20(29(37)33-18-11-7-3-4-8-12-18)24-27(16)39-28-17(2)26(36)23(32)22(25(28)35-24)30(38)34-19-13-9-5-6-10-14-19;1-17-21(30)16-20(28(37)34(8)14-10-12-32(4)5)23-26(17)39-27-19(3)25(36)18(2)22(24(27)31-23)29(38)35(9)15-11-13-33(6)7;1-15-19(28)14-18(26(35)32-10-6-30(4)7-11-32)21-24(15)37-25-17(3)23(34)16(2)20(22(25)29-21)27(36)33-12-8-31(5)9-13-33;1-6-7-10-34-25(32)17-18(27)21(30)14(3)23-20(17)28-19-15(12-16(26)13(2)22(19)35-23)24(31)33-11-8-9-29(4)5/h15,18-19H,3-14,31-32H2,1-2H3,(H,33,37)(H,34,38);16H,10-15,30H2,1-9H3;14H,6-13,28H2,1-5H3;12H,6-11,26-27H2,1-5H3. The van der Waals surface area contributed by atoms with Gasteiger partial charge in [0.1, 0.15) is 50.4 Å². The third-order valence-electron chi connectivity index (χ3n) is 29.2. The Morgan fingerprint density at radius 1 is 0.353 bits per heavy atom. The number of aryl methyl sites for hydroxylation is 4. The van der Waals surface area contributed by atoms with Crippen molar-refractivity contribution >= 4 is 126 Å². The summed E-state index contributed by atoms with van der Waals surface area (Å²) in [7, 11) is 19.3. The summed E-state index contributed by atoms with van der Waals surface area (Å²) in [5.74, 6) is -2.35. The summed E-state index contributed by atoms with van der Waals surface area (Å²) in [6, 6.07) is 6.44. The highest BCUT2D eigenvalue weighted by atomic mass is 16.5. The molecule has 804 valence electrons. The van der Waals surface area contributed by atoms with Crippen molar-refractivity contribution in [2.45, 2.75) is 197 Å². The molecular weight excluding hydrogens is 1920 g/mol. The molecule has 0 atom stereocenters. The highest BCUT2D eigenvalue weighted by molar-refractivity contribution is 6.13. The van der Waals surface area contributed by atoms with Crippen molar-refractivity contribution in [3.05, 3.63) is 165 Å². The number of nitrogens with one attached hydrogen (secondary N) is 2. The van der Waals surface area contributed by atoms with E-state index in [0.29, 0.717) is 169 Å². The second-order valence-electron chi connectivity index (χ2n) is 41.3. The minimum absolute atomic E-state index is 0.0000938. The molecule has 12 aliphatic rings. The van der Waals surface area contributed by atoms with Crippen LogP contribution in [-0.4, -0.2) is 292 Å². The van der Waals surface area contributed by atoms with Gasteiger partial charge in [0, 0.05) is 177 Å². The maximum Gasteiger partial charge on any atom is 0.342 e. The van der Waals surface area contributed by atoms with E-state index in [9.17, 15) is 57.5 Å². The molecule has 4 aromatic carbocycles. The summed E-state index contributed by atoms with van der Waals surface area (Å²) in [5.41, 5.74) is 45.5. The van der Waals surface area contributed by atoms with Crippen molar-refractivity contribution in [2.75, 3.05) is 203 Å². The van der Waals surface area contributed by atoms with E-state index in [-0.39, 0.29) is 173 Å². The molecule has 6 aliphatic heterocycles. The third-order valence-corrected chi connectivity index (χ3v) is 29.2. The fourth-order valence-electron chi connectivity index (χ4n) is 19.6. The first kappa shape index (κ1) is 113. The molecule has 0 aromatic heterocycles. The molecule has 2 saturated heterocycles. The van der Waals surface area contributed by atoms with Crippen LogP contribution < -0.4 is 66.8 Å². The molecule has 39 nitrogen and oxygen atoms in total. The summed E-state index contributed by atoms with van der Waals surface area (Å²) in [6.45, 7) is 28.1. The summed E-state index contributed by atoms with van der Waals surface area (Å²) in [4.78, 5) is 196. The minimum Gasteiger partial charge on any atom is -0.462 e. The molecule has 150 heavy (non-hydrogen) atoms. The number of esters is 2. The van der Waals surface area contributed by atoms with Gasteiger partial charge in [0.05, 0.1) is 63.5 Å². The van der Waals surface area contributed by atoms with Gasteiger partial charge in [-0.2, -0.15) is 0 Å². The van der Waals surface area contributed by atoms with Gasteiger partial charge in [-0.25, -0.2) is 29.5 Å². The van der Waals surface area contributed by atoms with Crippen LogP contribution in [0.5, 0.6) is 0 Å². The average Bonchev–Trinajstić information content (AvgIpc) is 0.773. The molecule has 0 radical (unpaired) electrons. The van der Waals surface area contributed by atoms with Gasteiger partial charge < -0.3 is 116 Å². The van der Waals surface area contributed by atoms with Gasteiger partial charge in [-0.15, -0.1) is 0 Å². The van der Waals surface area contributed by atoms with E-state index in [1.54, 1.807) is 114 Å². The maximum absolute atomic E-state index is 13.7. The fraction of sp³-hybridized carbons (Fsp3) is 0.495. The second kappa shape index (κ2) is 48.6. The third kappa shape index (κ3) is 24.2. The number of aromatic nitrogens is 4. The fourth-order valence-corrected chi connectivity index (χ4v) is 19.6. The number of anilines is 6. The van der Waals surface area contributed by atoms with E-state index in [0.717, 1.165) is 129 Å². The Morgan fingerprint density at radius 2 is 0.680 bits per heavy atom. The first-order valence-corrected chi connectivity index (χ1v) is 51.8. The number of ether oxygens (including phenoxy) is 2. The zero-order valence-electron chi connectivity index (χ0n) is 90.7. The van der Waals surface area contributed by atoms with E-state index < -0.39 is 28.7 Å². The van der Waals surface area contributed by atoms with Crippen LogP contribution in [0.3, 0.4) is 0 Å². The van der Waals surface area contributed by atoms with E-state index in [4.69, 9.17) is 76.5 Å². The van der Waals surface area contributed by atoms with Gasteiger partial charge in [0.25, 0.3) is 35.4 Å². The van der Waals surface area contributed by atoms with Crippen LogP contribution >= 0.6 is 0 Å². The number of nitrogen functional groups attached to an aromatic ring is 6. The number of hydrogen-bond donors (Lipinski definition) is 8. The Balaban J connectivity index is 0.000000167. The average molecular weight is 2060 g/mol. The lowest BCUT2D eigenvalue weighted by molar-refractivity contribution is 0.0489. The Bertz CT molecular complexity index is 7270. The van der Waals surface area contributed by atoms with Gasteiger partial charge >= 0.3 is 11.9 Å². The Labute approximate surface area is 873 Å². The summed E-state index contributed by atoms with van der Waals surface area (Å²) >= 11 is 0. The van der Waals surface area contributed by atoms with Crippen LogP contribution in [0.25, 0.3) is 90.2 Å². The molecular formula is C111H147N21O18. The Kier molecular flexibility index (Phi) is 36.5. The van der Waals surface area contributed by atoms with Crippen molar-refractivity contribution in [3.8, 4) is 45.8 Å². The zero-order valence-corrected chi connectivity index (χ0v) is 90.7. The number of nitrogens with two attached hydrogens (primary N) is 6. The lowest BCUT2D eigenvalue weighted by Gasteiger charge is -2.33. The molecule has 6 amide bonds. The van der Waals surface area contributed by atoms with Crippen molar-refractivity contribution < 1.29 is 65.5 Å². The quantitative estimate of drug-likeness (QED) is 0.00866. The maximum atomic E-state index is 13.7. The number of unbranched alkanes of at least 4 members (excludes halogenated alkanes) is 1. The molecule has 4 fully saturated rings. The number of benzene rings is 8. The minimum atomic E-state index is -0.778. The molecule has 6 heterocycles. The summed E-state index contributed by atoms with van der Waals surface area (Å²) in [6.07, 6.45) is 16.2. The molecule has 39 heteroatoms. The number of carbonyl (C=O) groups excluding carboxylic acids is 8. The number of carbonyl (C=O) groups is 8. The van der Waals surface area contributed by atoms with Gasteiger partial charge in [0.2, 0.25) is 10.9 Å². The van der Waals surface area contributed by atoms with Gasteiger partial charge in [0.15, 0.2) is 56.2 Å². The molecule has 0 bridgehead atoms. The van der Waals surface area contributed by atoms with Crippen LogP contribution in [0.2, 0.25) is 0 Å². The van der Waals surface area contributed by atoms with Crippen LogP contribution in [0, 0.1) is 69.2 Å². The number of fused-ring (bicyclic) bond motifs is 8. The molecule has 0 spiro atoms. The van der Waals surface area contributed by atoms with Crippen molar-refractivity contribution in [1.29, 1.82) is 0 Å². The van der Waals surface area contributed by atoms with Crippen LogP contribution in [0.1, 0.15) is 255 Å². The van der Waals surface area contributed by atoms with E-state index in [1.807, 2.05) is 68.2 Å². The van der Waals surface area contributed by atoms with Crippen LogP contribution in [-0.2, 0) is 9.47 Å². The van der Waals surface area contributed by atoms with E-state index in [2.05, 4.69) is 35.2 Å². The first-order chi connectivity index (χ1) is 71.2. The monoisotopic (exact) mass is 2060 g/mol. The normalized spacial score (nSPS) is 14.6. The molecule has 0 unspecified atom stereocenters. The van der Waals surface area contributed by atoms with Crippen molar-refractivity contribution in [3.63, 3.8) is 0 Å². The first-order valence-electron chi connectivity index (χ1n) is 51.8. The highest BCUT2D eigenvalue weighted by Crippen LogP contribution is 2.43. The topological polar surface area (TPSA) is 537 Å². The zero-order chi connectivity index (χ0) is 109. The van der Waals surface area contributed by atoms with E-state index in [1.165, 1.54) is 25.8 Å². The lowest BCUT2D eigenvalue weighted by atomic mass is 9.96. The number of rotatable bonds is 25. The largest absolute Gasteiger partial charge is 0.462 e.